The molecule has 0 atom stereocenters. The Morgan fingerprint density at radius 3 is 2.56 bits per heavy atom. The van der Waals surface area contributed by atoms with E-state index in [9.17, 15) is 14.0 Å². The largest absolute Gasteiger partial charge is 0.490 e. The summed E-state index contributed by atoms with van der Waals surface area (Å²) in [7, 11) is 1.27. The Morgan fingerprint density at radius 1 is 1.03 bits per heavy atom. The number of benzene rings is 2. The molecule has 1 amide bonds. The fourth-order valence-corrected chi connectivity index (χ4v) is 2.70. The van der Waals surface area contributed by atoms with Gasteiger partial charge in [-0.2, -0.15) is 5.10 Å². The predicted octanol–water partition coefficient (Wildman–Crippen LogP) is 3.71. The summed E-state index contributed by atoms with van der Waals surface area (Å²) >= 11 is 0. The summed E-state index contributed by atoms with van der Waals surface area (Å²) in [6.07, 6.45) is 1.44. The Kier molecular flexibility index (Phi) is 8.61. The van der Waals surface area contributed by atoms with Crippen LogP contribution in [0.4, 0.5) is 4.39 Å². The third kappa shape index (κ3) is 7.09. The van der Waals surface area contributed by atoms with Crippen LogP contribution < -0.4 is 19.6 Å². The Labute approximate surface area is 195 Å². The predicted molar refractivity (Wildman–Crippen MR) is 120 cm³/mol. The number of amides is 1. The molecular weight excluding hydrogens is 447 g/mol. The number of halogens is 1. The van der Waals surface area contributed by atoms with Gasteiger partial charge < -0.3 is 23.4 Å². The first kappa shape index (κ1) is 24.3. The van der Waals surface area contributed by atoms with E-state index in [0.29, 0.717) is 35.2 Å². The zero-order valence-corrected chi connectivity index (χ0v) is 18.6. The molecule has 0 aliphatic rings. The van der Waals surface area contributed by atoms with Gasteiger partial charge in [-0.15, -0.1) is 0 Å². The van der Waals surface area contributed by atoms with E-state index in [1.54, 1.807) is 24.3 Å². The van der Waals surface area contributed by atoms with Crippen LogP contribution in [0.15, 0.2) is 64.1 Å². The molecule has 0 fully saturated rings. The maximum Gasteiger partial charge on any atom is 0.373 e. The van der Waals surface area contributed by atoms with Crippen molar-refractivity contribution in [2.75, 3.05) is 20.3 Å². The number of esters is 1. The molecule has 2 aromatic carbocycles. The lowest BCUT2D eigenvalue weighted by atomic mass is 10.2. The highest BCUT2D eigenvalue weighted by Gasteiger charge is 2.13. The van der Waals surface area contributed by atoms with Crippen molar-refractivity contribution in [3.63, 3.8) is 0 Å². The first-order chi connectivity index (χ1) is 16.5. The van der Waals surface area contributed by atoms with E-state index in [4.69, 9.17) is 18.6 Å². The molecule has 0 aliphatic heterocycles. The Hall–Kier alpha value is -4.34. The topological polar surface area (TPSA) is 109 Å². The van der Waals surface area contributed by atoms with Gasteiger partial charge >= 0.3 is 5.97 Å². The number of furan rings is 1. The van der Waals surface area contributed by atoms with Gasteiger partial charge in [-0.1, -0.05) is 0 Å². The minimum atomic E-state index is -0.570. The number of nitrogens with one attached hydrogen (secondary N) is 1. The summed E-state index contributed by atoms with van der Waals surface area (Å²) < 4.78 is 39.5. The highest BCUT2D eigenvalue weighted by molar-refractivity contribution is 5.86. The van der Waals surface area contributed by atoms with Crippen molar-refractivity contribution < 1.29 is 37.3 Å². The number of methoxy groups -OCH3 is 1. The first-order valence-electron chi connectivity index (χ1n) is 10.3. The molecule has 9 nitrogen and oxygen atoms in total. The maximum absolute atomic E-state index is 12.9. The molecule has 1 heterocycles. The summed E-state index contributed by atoms with van der Waals surface area (Å²) in [4.78, 5) is 23.4. The zero-order valence-electron chi connectivity index (χ0n) is 18.6. The molecule has 178 valence electrons. The van der Waals surface area contributed by atoms with E-state index in [2.05, 4.69) is 15.3 Å². The standard InChI is InChI=1S/C24H23FN2O7/c1-3-31-22-12-16(13-26-27-23(28)15-32-18-7-5-17(25)6-8-18)4-10-20(22)33-14-19-9-11-21(34-19)24(29)30-2/h4-13H,3,14-15H2,1-2H3,(H,27,28)/b26-13+. The number of ether oxygens (including phenoxy) is 4. The lowest BCUT2D eigenvalue weighted by Crippen LogP contribution is -2.24. The molecule has 0 bridgehead atoms. The van der Waals surface area contributed by atoms with Crippen molar-refractivity contribution in [1.82, 2.24) is 5.43 Å². The van der Waals surface area contributed by atoms with E-state index in [1.807, 2.05) is 6.92 Å². The van der Waals surface area contributed by atoms with Crippen LogP contribution in [0.25, 0.3) is 0 Å². The molecular formula is C24H23FN2O7. The molecule has 3 rings (SSSR count). The lowest BCUT2D eigenvalue weighted by Gasteiger charge is -2.11. The number of hydrogen-bond donors (Lipinski definition) is 1. The van der Waals surface area contributed by atoms with E-state index < -0.39 is 17.7 Å². The molecule has 0 unspecified atom stereocenters. The van der Waals surface area contributed by atoms with Crippen molar-refractivity contribution in [1.29, 1.82) is 0 Å². The van der Waals surface area contributed by atoms with Gasteiger partial charge in [-0.25, -0.2) is 14.6 Å². The van der Waals surface area contributed by atoms with Crippen molar-refractivity contribution in [2.45, 2.75) is 13.5 Å². The average Bonchev–Trinajstić information content (AvgIpc) is 3.32. The quantitative estimate of drug-likeness (QED) is 0.259. The van der Waals surface area contributed by atoms with Crippen LogP contribution in [0, 0.1) is 5.82 Å². The van der Waals surface area contributed by atoms with Crippen LogP contribution in [0.5, 0.6) is 17.2 Å². The van der Waals surface area contributed by atoms with E-state index >= 15 is 0 Å². The number of carbonyl (C=O) groups is 2. The Balaban J connectivity index is 1.54. The molecule has 1 aromatic heterocycles. The Morgan fingerprint density at radius 2 is 1.82 bits per heavy atom. The normalized spacial score (nSPS) is 10.7. The van der Waals surface area contributed by atoms with Crippen LogP contribution >= 0.6 is 0 Å². The van der Waals surface area contributed by atoms with E-state index in [1.165, 1.54) is 43.7 Å². The fraction of sp³-hybridized carbons (Fsp3) is 0.208. The number of rotatable bonds is 11. The van der Waals surface area contributed by atoms with Crippen molar-refractivity contribution in [2.24, 2.45) is 5.10 Å². The number of hydrogen-bond acceptors (Lipinski definition) is 8. The van der Waals surface area contributed by atoms with Crippen LogP contribution in [0.3, 0.4) is 0 Å². The number of carbonyl (C=O) groups excluding carboxylic acids is 2. The van der Waals surface area contributed by atoms with Gasteiger partial charge in [-0.05, 0) is 67.1 Å². The molecule has 34 heavy (non-hydrogen) atoms. The first-order valence-corrected chi connectivity index (χ1v) is 10.3. The second kappa shape index (κ2) is 12.0. The third-order valence-corrected chi connectivity index (χ3v) is 4.27. The van der Waals surface area contributed by atoms with Crippen LogP contribution in [0.2, 0.25) is 0 Å². The zero-order chi connectivity index (χ0) is 24.3. The monoisotopic (exact) mass is 470 g/mol. The summed E-state index contributed by atoms with van der Waals surface area (Å²) in [5.41, 5.74) is 3.01. The number of hydrazone groups is 1. The highest BCUT2D eigenvalue weighted by atomic mass is 19.1. The summed E-state index contributed by atoms with van der Waals surface area (Å²) in [5, 5.41) is 3.90. The van der Waals surface area contributed by atoms with Gasteiger partial charge in [0.2, 0.25) is 5.76 Å². The minimum Gasteiger partial charge on any atom is -0.490 e. The van der Waals surface area contributed by atoms with Gasteiger partial charge in [0.25, 0.3) is 5.91 Å². The maximum atomic E-state index is 12.9. The summed E-state index contributed by atoms with van der Waals surface area (Å²) in [6, 6.07) is 13.6. The summed E-state index contributed by atoms with van der Waals surface area (Å²) in [5.74, 6) is 0.395. The lowest BCUT2D eigenvalue weighted by molar-refractivity contribution is -0.123. The SMILES string of the molecule is CCOc1cc(/C=N/NC(=O)COc2ccc(F)cc2)ccc1OCc1ccc(C(=O)OC)o1. The van der Waals surface area contributed by atoms with Crippen molar-refractivity contribution in [3.05, 3.63) is 77.5 Å². The molecule has 0 spiro atoms. The average molecular weight is 470 g/mol. The smallest absolute Gasteiger partial charge is 0.373 e. The second-order valence-electron chi connectivity index (χ2n) is 6.72. The minimum absolute atomic E-state index is 0.0780. The Bertz CT molecular complexity index is 1140. The van der Waals surface area contributed by atoms with Gasteiger partial charge in [0.1, 0.15) is 23.9 Å². The fourth-order valence-electron chi connectivity index (χ4n) is 2.70. The van der Waals surface area contributed by atoms with Crippen molar-refractivity contribution in [3.8, 4) is 17.2 Å². The highest BCUT2D eigenvalue weighted by Crippen LogP contribution is 2.29. The van der Waals surface area contributed by atoms with Gasteiger partial charge in [0, 0.05) is 0 Å². The van der Waals surface area contributed by atoms with Crippen LogP contribution in [-0.4, -0.2) is 38.4 Å². The van der Waals surface area contributed by atoms with Gasteiger partial charge in [-0.3, -0.25) is 4.79 Å². The third-order valence-electron chi connectivity index (χ3n) is 4.27. The molecule has 0 radical (unpaired) electrons. The van der Waals surface area contributed by atoms with E-state index in [-0.39, 0.29) is 19.0 Å². The van der Waals surface area contributed by atoms with E-state index in [0.717, 1.165) is 0 Å². The number of nitrogens with zero attached hydrogens (tertiary/aromatic N) is 1. The molecule has 0 saturated heterocycles. The van der Waals surface area contributed by atoms with Crippen LogP contribution in [-0.2, 0) is 16.1 Å². The summed E-state index contributed by atoms with van der Waals surface area (Å²) in [6.45, 7) is 2.04. The molecule has 1 N–H and O–H groups in total. The molecule has 0 aliphatic carbocycles. The second-order valence-corrected chi connectivity index (χ2v) is 6.72. The molecule has 3 aromatic rings. The van der Waals surface area contributed by atoms with Crippen LogP contribution in [0.1, 0.15) is 28.8 Å². The van der Waals surface area contributed by atoms with Gasteiger partial charge in [0.05, 0.1) is 19.9 Å². The molecule has 0 saturated carbocycles. The molecule has 10 heteroatoms. The van der Waals surface area contributed by atoms with Crippen molar-refractivity contribution >= 4 is 18.1 Å². The van der Waals surface area contributed by atoms with Gasteiger partial charge in [0.15, 0.2) is 18.1 Å².